The van der Waals surface area contributed by atoms with Crippen molar-refractivity contribution in [2.45, 2.75) is 43.0 Å². The predicted molar refractivity (Wildman–Crippen MR) is 89.8 cm³/mol. The number of nitrogens with one attached hydrogen (secondary N) is 1. The number of carbonyl (C=O) groups is 1. The summed E-state index contributed by atoms with van der Waals surface area (Å²) in [5, 5.41) is 2.70. The van der Waals surface area contributed by atoms with Gasteiger partial charge in [0.15, 0.2) is 0 Å². The van der Waals surface area contributed by atoms with Crippen LogP contribution in [0.4, 0.5) is 0 Å². The van der Waals surface area contributed by atoms with Crippen LogP contribution in [0.25, 0.3) is 0 Å². The molecule has 2 aliphatic heterocycles. The minimum atomic E-state index is -3.42. The molecule has 1 aromatic heterocycles. The highest BCUT2D eigenvalue weighted by atomic mass is 32.2. The Labute approximate surface area is 141 Å². The molecule has 1 unspecified atom stereocenters. The van der Waals surface area contributed by atoms with Crippen molar-refractivity contribution in [3.63, 3.8) is 0 Å². The van der Waals surface area contributed by atoms with Crippen molar-refractivity contribution in [1.29, 1.82) is 0 Å². The van der Waals surface area contributed by atoms with Crippen LogP contribution in [0.1, 0.15) is 31.1 Å². The standard InChI is InChI=1S/C15H23N3O3S2/c1-12(19)16-10-14-5-6-15(22-14)23(20,21)18-9-8-17-7-3-2-4-13(17)11-18/h5-6,13H,2-4,7-11H2,1H3,(H,16,19). The number of amides is 1. The third kappa shape index (κ3) is 3.76. The van der Waals surface area contributed by atoms with Crippen molar-refractivity contribution in [2.24, 2.45) is 0 Å². The van der Waals surface area contributed by atoms with Gasteiger partial charge in [0, 0.05) is 37.5 Å². The summed E-state index contributed by atoms with van der Waals surface area (Å²) in [6, 6.07) is 3.81. The monoisotopic (exact) mass is 357 g/mol. The third-order valence-electron chi connectivity index (χ3n) is 4.54. The summed E-state index contributed by atoms with van der Waals surface area (Å²) in [7, 11) is -3.42. The summed E-state index contributed by atoms with van der Waals surface area (Å²) in [5.74, 6) is -0.115. The van der Waals surface area contributed by atoms with Gasteiger partial charge in [-0.15, -0.1) is 11.3 Å². The van der Waals surface area contributed by atoms with E-state index in [-0.39, 0.29) is 5.91 Å². The molecular formula is C15H23N3O3S2. The Hall–Kier alpha value is -0.960. The zero-order valence-electron chi connectivity index (χ0n) is 13.3. The summed E-state index contributed by atoms with van der Waals surface area (Å²) in [4.78, 5) is 14.2. The average molecular weight is 358 g/mol. The lowest BCUT2D eigenvalue weighted by atomic mass is 10.0. The minimum absolute atomic E-state index is 0.115. The van der Waals surface area contributed by atoms with E-state index in [0.29, 0.717) is 29.9 Å². The van der Waals surface area contributed by atoms with Crippen molar-refractivity contribution >= 4 is 27.3 Å². The van der Waals surface area contributed by atoms with E-state index >= 15 is 0 Å². The molecule has 3 rings (SSSR count). The molecule has 0 spiro atoms. The van der Waals surface area contributed by atoms with E-state index < -0.39 is 10.0 Å². The zero-order chi connectivity index (χ0) is 16.4. The molecule has 2 aliphatic rings. The quantitative estimate of drug-likeness (QED) is 0.880. The van der Waals surface area contributed by atoms with Crippen molar-refractivity contribution < 1.29 is 13.2 Å². The Balaban J connectivity index is 1.70. The molecule has 3 heterocycles. The van der Waals surface area contributed by atoms with E-state index in [4.69, 9.17) is 0 Å². The summed E-state index contributed by atoms with van der Waals surface area (Å²) in [5.41, 5.74) is 0. The van der Waals surface area contributed by atoms with Crippen molar-refractivity contribution in [3.8, 4) is 0 Å². The number of rotatable bonds is 4. The second-order valence-corrected chi connectivity index (χ2v) is 9.51. The molecular weight excluding hydrogens is 334 g/mol. The number of sulfonamides is 1. The number of piperazine rings is 1. The smallest absolute Gasteiger partial charge is 0.252 e. The molecule has 23 heavy (non-hydrogen) atoms. The molecule has 0 saturated carbocycles. The maximum Gasteiger partial charge on any atom is 0.252 e. The molecule has 6 nitrogen and oxygen atoms in total. The van der Waals surface area contributed by atoms with Crippen molar-refractivity contribution in [1.82, 2.24) is 14.5 Å². The molecule has 0 radical (unpaired) electrons. The Bertz CT molecular complexity index is 671. The van der Waals surface area contributed by atoms with Crippen LogP contribution in [0.3, 0.4) is 0 Å². The van der Waals surface area contributed by atoms with E-state index in [9.17, 15) is 13.2 Å². The average Bonchev–Trinajstić information content (AvgIpc) is 3.02. The highest BCUT2D eigenvalue weighted by Crippen LogP contribution is 2.29. The molecule has 0 aliphatic carbocycles. The Morgan fingerprint density at radius 2 is 2.13 bits per heavy atom. The van der Waals surface area contributed by atoms with Crippen LogP contribution < -0.4 is 5.32 Å². The second-order valence-electron chi connectivity index (χ2n) is 6.18. The van der Waals surface area contributed by atoms with Gasteiger partial charge < -0.3 is 5.32 Å². The normalized spacial score (nSPS) is 23.4. The van der Waals surface area contributed by atoms with Crippen LogP contribution in [0.2, 0.25) is 0 Å². The van der Waals surface area contributed by atoms with Crippen LogP contribution >= 0.6 is 11.3 Å². The number of fused-ring (bicyclic) bond motifs is 1. The SMILES string of the molecule is CC(=O)NCc1ccc(S(=O)(=O)N2CCN3CCCCC3C2)s1. The first-order chi connectivity index (χ1) is 11.0. The number of carbonyl (C=O) groups excluding carboxylic acids is 1. The summed E-state index contributed by atoms with van der Waals surface area (Å²) < 4.78 is 27.7. The highest BCUT2D eigenvalue weighted by Gasteiger charge is 2.35. The molecule has 1 N–H and O–H groups in total. The van der Waals surface area contributed by atoms with Gasteiger partial charge in [-0.3, -0.25) is 9.69 Å². The molecule has 2 fully saturated rings. The first-order valence-corrected chi connectivity index (χ1v) is 10.3. The van der Waals surface area contributed by atoms with Gasteiger partial charge in [0.2, 0.25) is 5.91 Å². The fourth-order valence-electron chi connectivity index (χ4n) is 3.28. The molecule has 2 saturated heterocycles. The van der Waals surface area contributed by atoms with Gasteiger partial charge in [-0.1, -0.05) is 6.42 Å². The highest BCUT2D eigenvalue weighted by molar-refractivity contribution is 7.91. The molecule has 0 aromatic carbocycles. The van der Waals surface area contributed by atoms with Crippen LogP contribution in [0.15, 0.2) is 16.3 Å². The fraction of sp³-hybridized carbons (Fsp3) is 0.667. The molecule has 128 valence electrons. The molecule has 0 bridgehead atoms. The van der Waals surface area contributed by atoms with Crippen molar-refractivity contribution in [2.75, 3.05) is 26.2 Å². The molecule has 1 aromatic rings. The maximum absolute atomic E-state index is 12.8. The van der Waals surface area contributed by atoms with E-state index in [1.807, 2.05) is 0 Å². The molecule has 8 heteroatoms. The Kier molecular flexibility index (Phi) is 5.05. The lowest BCUT2D eigenvalue weighted by Gasteiger charge is -2.43. The van der Waals surface area contributed by atoms with Crippen LogP contribution in [-0.4, -0.2) is 55.8 Å². The summed E-state index contributed by atoms with van der Waals surface area (Å²) >= 11 is 1.25. The molecule has 1 atom stereocenters. The van der Waals surface area contributed by atoms with E-state index in [0.717, 1.165) is 24.4 Å². The Morgan fingerprint density at radius 3 is 2.91 bits per heavy atom. The van der Waals surface area contributed by atoms with E-state index in [2.05, 4.69) is 10.2 Å². The first kappa shape index (κ1) is 16.9. The second kappa shape index (κ2) is 6.88. The number of hydrogen-bond acceptors (Lipinski definition) is 5. The summed E-state index contributed by atoms with van der Waals surface area (Å²) in [6.45, 7) is 4.92. The van der Waals surface area contributed by atoms with Crippen LogP contribution in [-0.2, 0) is 21.4 Å². The van der Waals surface area contributed by atoms with Gasteiger partial charge >= 0.3 is 0 Å². The van der Waals surface area contributed by atoms with Crippen LogP contribution in [0, 0.1) is 0 Å². The number of piperidine rings is 1. The first-order valence-electron chi connectivity index (χ1n) is 8.04. The van der Waals surface area contributed by atoms with Gasteiger partial charge in [-0.05, 0) is 31.5 Å². The Morgan fingerprint density at radius 1 is 1.30 bits per heavy atom. The maximum atomic E-state index is 12.8. The minimum Gasteiger partial charge on any atom is -0.351 e. The number of thiophene rings is 1. The third-order valence-corrected chi connectivity index (χ3v) is 7.96. The van der Waals surface area contributed by atoms with E-state index in [1.165, 1.54) is 31.1 Å². The van der Waals surface area contributed by atoms with Crippen LogP contribution in [0.5, 0.6) is 0 Å². The summed E-state index contributed by atoms with van der Waals surface area (Å²) in [6.07, 6.45) is 3.50. The van der Waals surface area contributed by atoms with Gasteiger partial charge in [-0.25, -0.2) is 8.42 Å². The van der Waals surface area contributed by atoms with E-state index in [1.54, 1.807) is 16.4 Å². The predicted octanol–water partition coefficient (Wildman–Crippen LogP) is 1.24. The fourth-order valence-corrected chi connectivity index (χ4v) is 6.19. The zero-order valence-corrected chi connectivity index (χ0v) is 15.0. The van der Waals surface area contributed by atoms with Gasteiger partial charge in [0.1, 0.15) is 4.21 Å². The topological polar surface area (TPSA) is 69.7 Å². The number of nitrogens with zero attached hydrogens (tertiary/aromatic N) is 2. The van der Waals surface area contributed by atoms with Gasteiger partial charge in [0.25, 0.3) is 10.0 Å². The number of hydrogen-bond donors (Lipinski definition) is 1. The largest absolute Gasteiger partial charge is 0.351 e. The van der Waals surface area contributed by atoms with Gasteiger partial charge in [0.05, 0.1) is 6.54 Å². The van der Waals surface area contributed by atoms with Gasteiger partial charge in [-0.2, -0.15) is 4.31 Å². The lowest BCUT2D eigenvalue weighted by molar-refractivity contribution is -0.119. The van der Waals surface area contributed by atoms with Crippen molar-refractivity contribution in [3.05, 3.63) is 17.0 Å². The lowest BCUT2D eigenvalue weighted by Crippen LogP contribution is -2.55. The molecule has 1 amide bonds.